The lowest BCUT2D eigenvalue weighted by Crippen LogP contribution is -2.26. The van der Waals surface area contributed by atoms with Gasteiger partial charge in [0.05, 0.1) is 21.3 Å². The number of halogens is 4. The van der Waals surface area contributed by atoms with E-state index in [2.05, 4.69) is 19.5 Å². The Bertz CT molecular complexity index is 4080. The lowest BCUT2D eigenvalue weighted by Gasteiger charge is -2.18. The maximum atomic E-state index is 13.4. The Morgan fingerprint density at radius 1 is 0.375 bits per heavy atom. The number of nitrogens with zero attached hydrogens (tertiary/aromatic N) is 3. The molecule has 0 atom stereocenters. The van der Waals surface area contributed by atoms with Crippen LogP contribution < -0.4 is 20.0 Å². The summed E-state index contributed by atoms with van der Waals surface area (Å²) in [5, 5.41) is 11.4. The van der Waals surface area contributed by atoms with Gasteiger partial charge in [-0.05, 0) is 218 Å². The number of esters is 3. The highest BCUT2D eigenvalue weighted by Crippen LogP contribution is 2.24. The third-order valence-corrected chi connectivity index (χ3v) is 13.7. The average molecular weight is 1310 g/mol. The zero-order valence-electron chi connectivity index (χ0n) is 55.1. The minimum absolute atomic E-state index is 0.227. The quantitative estimate of drug-likeness (QED) is 0.0401. The molecule has 96 heavy (non-hydrogen) atoms. The fraction of sp³-hybridized carbons (Fsp3) is 0.158. The average Bonchev–Trinajstić information content (AvgIpc) is 0.899. The molecule has 0 aliphatic rings. The molecule has 0 aliphatic carbocycles. The first-order chi connectivity index (χ1) is 45.7. The minimum atomic E-state index is -1.05. The van der Waals surface area contributed by atoms with Gasteiger partial charge in [-0.3, -0.25) is 19.2 Å². The molecule has 0 radical (unpaired) electrons. The molecular formula is C76H74F4N4O12. The Balaban J connectivity index is 0.000000270. The number of methoxy groups -OCH3 is 3. The van der Waals surface area contributed by atoms with Gasteiger partial charge in [0.1, 0.15) is 23.3 Å². The summed E-state index contributed by atoms with van der Waals surface area (Å²) in [7, 11) is 8.76. The van der Waals surface area contributed by atoms with Gasteiger partial charge in [0, 0.05) is 90.5 Å². The fourth-order valence-electron chi connectivity index (χ4n) is 8.35. The SMILES string of the molecule is CC.COC(=O)/C=C/c1cccc(C(=O)N(C)c2ccc(F)c(C)c2)c1.COC(=O)/C=C/c1cccc(C(=O)N(C)c2ccc(F)c(C)c2)c1.COC(=O)/C=C/c1cccc(C(=O)Nc2ccc(F)c(C)c2)c1.Cc1cc(N(C)C(=O)c2cccc(/C=C/C(=O)O)c2)ccc1F. The number of carbonyl (C=O) groups is 8. The third kappa shape index (κ3) is 24.0. The van der Waals surface area contributed by atoms with Gasteiger partial charge in [0.2, 0.25) is 0 Å². The monoisotopic (exact) mass is 1310 g/mol. The van der Waals surface area contributed by atoms with Crippen LogP contribution in [-0.4, -0.2) is 95.1 Å². The predicted molar refractivity (Wildman–Crippen MR) is 368 cm³/mol. The number of carbonyl (C=O) groups excluding carboxylic acids is 7. The van der Waals surface area contributed by atoms with E-state index in [-0.39, 0.29) is 46.9 Å². The van der Waals surface area contributed by atoms with E-state index in [1.54, 1.807) is 201 Å². The Hall–Kier alpha value is -11.8. The molecule has 20 heteroatoms. The summed E-state index contributed by atoms with van der Waals surface area (Å²) in [6, 6.07) is 45.0. The standard InChI is InChI=1S/2C19H18FNO3.2C18H16FNO3.C2H6/c2*1-13-11-16(8-9-17(13)20)21(2)19(23)15-6-4-5-14(12-15)7-10-18(22)24-3;1-12-10-15(7-8-16(12)19)20-18(22)14-5-3-4-13(11-14)6-9-17(21)23-2;1-12-10-15(7-8-16(12)19)20(2)18(23)14-5-3-4-13(11-14)6-9-17(21)22;1-2/h2*4-12H,1-3H3;3-11H,1-2H3,(H,20,22);3-11H,1-2H3,(H,21,22);1-2H3/b2*10-7+;2*9-6+;. The van der Waals surface area contributed by atoms with E-state index in [9.17, 15) is 55.9 Å². The van der Waals surface area contributed by atoms with E-state index in [1.807, 2.05) is 13.8 Å². The topological polar surface area (TPSA) is 206 Å². The molecule has 0 bridgehead atoms. The molecule has 16 nitrogen and oxygen atoms in total. The highest BCUT2D eigenvalue weighted by molar-refractivity contribution is 6.08. The minimum Gasteiger partial charge on any atom is -0.478 e. The number of carboxylic acid groups (broad SMARTS) is 1. The van der Waals surface area contributed by atoms with Crippen LogP contribution >= 0.6 is 0 Å². The maximum Gasteiger partial charge on any atom is 0.330 e. The summed E-state index contributed by atoms with van der Waals surface area (Å²) in [6.45, 7) is 10.6. The van der Waals surface area contributed by atoms with E-state index < -0.39 is 23.9 Å². The van der Waals surface area contributed by atoms with Gasteiger partial charge in [-0.25, -0.2) is 36.7 Å². The van der Waals surface area contributed by atoms with Crippen molar-refractivity contribution < 1.29 is 75.2 Å². The van der Waals surface area contributed by atoms with Gasteiger partial charge < -0.3 is 39.3 Å². The predicted octanol–water partition coefficient (Wildman–Crippen LogP) is 15.3. The number of benzene rings is 8. The number of hydrogen-bond acceptors (Lipinski definition) is 11. The van der Waals surface area contributed by atoms with Crippen LogP contribution in [0.25, 0.3) is 24.3 Å². The van der Waals surface area contributed by atoms with Crippen LogP contribution in [-0.2, 0) is 33.4 Å². The van der Waals surface area contributed by atoms with Crippen LogP contribution in [0.1, 0.15) is 99.8 Å². The zero-order chi connectivity index (χ0) is 71.2. The molecule has 4 amide bonds. The van der Waals surface area contributed by atoms with Crippen molar-refractivity contribution in [1.29, 1.82) is 0 Å². The second-order valence-corrected chi connectivity index (χ2v) is 20.6. The Morgan fingerprint density at radius 3 is 0.927 bits per heavy atom. The zero-order valence-corrected chi connectivity index (χ0v) is 55.1. The van der Waals surface area contributed by atoms with Crippen molar-refractivity contribution in [2.24, 2.45) is 0 Å². The lowest BCUT2D eigenvalue weighted by atomic mass is 10.1. The normalized spacial score (nSPS) is 10.5. The molecule has 8 rings (SSSR count). The second-order valence-electron chi connectivity index (χ2n) is 20.6. The Morgan fingerprint density at radius 2 is 0.646 bits per heavy atom. The van der Waals surface area contributed by atoms with Crippen molar-refractivity contribution in [1.82, 2.24) is 0 Å². The fourth-order valence-corrected chi connectivity index (χ4v) is 8.35. The van der Waals surface area contributed by atoms with Crippen LogP contribution in [0.15, 0.2) is 194 Å². The van der Waals surface area contributed by atoms with E-state index in [4.69, 9.17) is 5.11 Å². The van der Waals surface area contributed by atoms with Crippen molar-refractivity contribution >= 4 is 94.6 Å². The molecule has 8 aromatic rings. The van der Waals surface area contributed by atoms with Crippen molar-refractivity contribution in [3.8, 4) is 0 Å². The highest BCUT2D eigenvalue weighted by atomic mass is 19.1. The number of aryl methyl sites for hydroxylation is 4. The summed E-state index contributed by atoms with van der Waals surface area (Å²) >= 11 is 0. The largest absolute Gasteiger partial charge is 0.478 e. The van der Waals surface area contributed by atoms with Crippen LogP contribution in [0.5, 0.6) is 0 Å². The molecule has 0 aliphatic heterocycles. The molecule has 0 saturated heterocycles. The second kappa shape index (κ2) is 38.3. The Kier molecular flexibility index (Phi) is 30.6. The number of amides is 4. The summed E-state index contributed by atoms with van der Waals surface area (Å²) < 4.78 is 66.9. The number of nitrogens with one attached hydrogen (secondary N) is 1. The van der Waals surface area contributed by atoms with Gasteiger partial charge >= 0.3 is 23.9 Å². The molecule has 0 fully saturated rings. The lowest BCUT2D eigenvalue weighted by molar-refractivity contribution is -0.135. The van der Waals surface area contributed by atoms with Crippen molar-refractivity contribution in [3.63, 3.8) is 0 Å². The number of carboxylic acids is 1. The summed E-state index contributed by atoms with van der Waals surface area (Å²) in [4.78, 5) is 98.2. The van der Waals surface area contributed by atoms with Crippen LogP contribution in [0.3, 0.4) is 0 Å². The van der Waals surface area contributed by atoms with Crippen LogP contribution in [0.2, 0.25) is 0 Å². The van der Waals surface area contributed by atoms with E-state index in [1.165, 1.54) is 96.7 Å². The van der Waals surface area contributed by atoms with Gasteiger partial charge in [-0.1, -0.05) is 62.4 Å². The molecular weight excluding hydrogens is 1240 g/mol. The van der Waals surface area contributed by atoms with Crippen molar-refractivity contribution in [3.05, 3.63) is 284 Å². The van der Waals surface area contributed by atoms with Crippen LogP contribution in [0.4, 0.5) is 40.3 Å². The Labute approximate surface area is 555 Å². The molecule has 0 saturated carbocycles. The third-order valence-electron chi connectivity index (χ3n) is 13.7. The van der Waals surface area contributed by atoms with E-state index >= 15 is 0 Å². The molecule has 8 aromatic carbocycles. The van der Waals surface area contributed by atoms with Gasteiger partial charge in [-0.2, -0.15) is 0 Å². The molecule has 0 spiro atoms. The summed E-state index contributed by atoms with van der Waals surface area (Å²) in [5.41, 5.74) is 8.67. The van der Waals surface area contributed by atoms with E-state index in [0.29, 0.717) is 89.5 Å². The van der Waals surface area contributed by atoms with Gasteiger partial charge in [0.25, 0.3) is 23.6 Å². The number of aliphatic carboxylic acids is 1. The first-order valence-corrected chi connectivity index (χ1v) is 29.5. The molecule has 498 valence electrons. The first-order valence-electron chi connectivity index (χ1n) is 29.5. The summed E-state index contributed by atoms with van der Waals surface area (Å²) in [6.07, 6.45) is 11.0. The number of anilines is 4. The van der Waals surface area contributed by atoms with Crippen LogP contribution in [0, 0.1) is 51.0 Å². The number of rotatable bonds is 16. The number of hydrogen-bond donors (Lipinski definition) is 2. The highest BCUT2D eigenvalue weighted by Gasteiger charge is 2.18. The molecule has 0 heterocycles. The molecule has 2 N–H and O–H groups in total. The van der Waals surface area contributed by atoms with E-state index in [0.717, 1.165) is 6.08 Å². The molecule has 0 unspecified atom stereocenters. The maximum absolute atomic E-state index is 13.4. The molecule has 0 aromatic heterocycles. The van der Waals surface area contributed by atoms with Crippen molar-refractivity contribution in [2.45, 2.75) is 41.5 Å². The van der Waals surface area contributed by atoms with Crippen molar-refractivity contribution in [2.75, 3.05) is 62.5 Å². The van der Waals surface area contributed by atoms with Gasteiger partial charge in [0.15, 0.2) is 0 Å². The first kappa shape index (κ1) is 76.7. The number of ether oxygens (including phenoxy) is 3. The van der Waals surface area contributed by atoms with Gasteiger partial charge in [-0.15, -0.1) is 0 Å². The smallest absolute Gasteiger partial charge is 0.330 e. The summed E-state index contributed by atoms with van der Waals surface area (Å²) in [5.74, 6) is -4.76.